The Morgan fingerprint density at radius 3 is 2.42 bits per heavy atom. The summed E-state index contributed by atoms with van der Waals surface area (Å²) in [6.45, 7) is 3.55. The fraction of sp³-hybridized carbons (Fsp3) is 0.435. The van der Waals surface area contributed by atoms with E-state index in [-0.39, 0.29) is 16.8 Å². The monoisotopic (exact) mass is 482 g/mol. The number of sulfonamides is 1. The van der Waals surface area contributed by atoms with E-state index in [1.165, 1.54) is 36.1 Å². The smallest absolute Gasteiger partial charge is 0.244 e. The van der Waals surface area contributed by atoms with Crippen molar-refractivity contribution in [2.45, 2.75) is 58.0 Å². The minimum atomic E-state index is -3.79. The normalized spacial score (nSPS) is 15.6. The Morgan fingerprint density at radius 1 is 1.10 bits per heavy atom. The second-order valence-electron chi connectivity index (χ2n) is 8.04. The SMILES string of the molecule is CC[C@@H](NC(=O)[C@@H](C)N(c1cc(Cl)ccc1Cl)S(C)(=O)=O)c1ccc2c(c1)CCCC2. The van der Waals surface area contributed by atoms with Gasteiger partial charge >= 0.3 is 0 Å². The predicted octanol–water partition coefficient (Wildman–Crippen LogP) is 5.29. The van der Waals surface area contributed by atoms with Crippen LogP contribution in [0.3, 0.4) is 0 Å². The number of benzene rings is 2. The number of fused-ring (bicyclic) bond motifs is 1. The summed E-state index contributed by atoms with van der Waals surface area (Å²) in [6, 6.07) is 9.72. The summed E-state index contributed by atoms with van der Waals surface area (Å²) in [5.41, 5.74) is 3.94. The summed E-state index contributed by atoms with van der Waals surface area (Å²) in [6.07, 6.45) is 6.28. The molecular weight excluding hydrogens is 455 g/mol. The second kappa shape index (κ2) is 9.80. The number of halogens is 2. The molecule has 1 N–H and O–H groups in total. The van der Waals surface area contributed by atoms with Gasteiger partial charge in [0.1, 0.15) is 6.04 Å². The van der Waals surface area contributed by atoms with Gasteiger partial charge in [-0.3, -0.25) is 9.10 Å². The number of aryl methyl sites for hydroxylation is 2. The van der Waals surface area contributed by atoms with E-state index in [4.69, 9.17) is 23.2 Å². The zero-order valence-electron chi connectivity index (χ0n) is 18.0. The summed E-state index contributed by atoms with van der Waals surface area (Å²) in [5.74, 6) is -0.397. The first-order chi connectivity index (χ1) is 14.6. The molecular formula is C23H28Cl2N2O3S. The van der Waals surface area contributed by atoms with E-state index in [1.807, 2.05) is 6.92 Å². The first-order valence-electron chi connectivity index (χ1n) is 10.5. The van der Waals surface area contributed by atoms with Gasteiger partial charge in [0, 0.05) is 5.02 Å². The van der Waals surface area contributed by atoms with E-state index in [1.54, 1.807) is 13.0 Å². The molecule has 0 aromatic heterocycles. The summed E-state index contributed by atoms with van der Waals surface area (Å²) in [5, 5.41) is 3.56. The molecule has 0 radical (unpaired) electrons. The van der Waals surface area contributed by atoms with Crippen molar-refractivity contribution in [3.63, 3.8) is 0 Å². The van der Waals surface area contributed by atoms with Crippen LogP contribution in [0.1, 0.15) is 55.8 Å². The van der Waals surface area contributed by atoms with Gasteiger partial charge in [-0.1, -0.05) is 48.3 Å². The summed E-state index contributed by atoms with van der Waals surface area (Å²) < 4.78 is 26.2. The Labute approximate surface area is 194 Å². The third-order valence-corrected chi connectivity index (χ3v) is 7.52. The zero-order valence-corrected chi connectivity index (χ0v) is 20.3. The second-order valence-corrected chi connectivity index (χ2v) is 10.7. The lowest BCUT2D eigenvalue weighted by Gasteiger charge is -2.30. The molecule has 1 aliphatic rings. The Morgan fingerprint density at radius 2 is 1.77 bits per heavy atom. The fourth-order valence-corrected chi connectivity index (χ4v) is 5.72. The largest absolute Gasteiger partial charge is 0.347 e. The van der Waals surface area contributed by atoms with Crippen LogP contribution in [0.5, 0.6) is 0 Å². The molecule has 0 unspecified atom stereocenters. The van der Waals surface area contributed by atoms with Crippen LogP contribution in [0.25, 0.3) is 0 Å². The third kappa shape index (κ3) is 5.54. The van der Waals surface area contributed by atoms with Gasteiger partial charge < -0.3 is 5.32 Å². The number of hydrogen-bond acceptors (Lipinski definition) is 3. The number of amides is 1. The van der Waals surface area contributed by atoms with Gasteiger partial charge in [-0.25, -0.2) is 8.42 Å². The molecule has 8 heteroatoms. The molecule has 0 heterocycles. The average Bonchev–Trinajstić information content (AvgIpc) is 2.73. The quantitative estimate of drug-likeness (QED) is 0.582. The highest BCUT2D eigenvalue weighted by Crippen LogP contribution is 2.32. The van der Waals surface area contributed by atoms with Crippen molar-refractivity contribution >= 4 is 44.8 Å². The van der Waals surface area contributed by atoms with Crippen LogP contribution in [-0.4, -0.2) is 26.6 Å². The van der Waals surface area contributed by atoms with Crippen LogP contribution in [-0.2, 0) is 27.7 Å². The molecule has 1 aliphatic carbocycles. The van der Waals surface area contributed by atoms with Crippen molar-refractivity contribution < 1.29 is 13.2 Å². The molecule has 5 nitrogen and oxygen atoms in total. The van der Waals surface area contributed by atoms with Gasteiger partial charge in [0.25, 0.3) is 0 Å². The maximum atomic E-state index is 13.1. The van der Waals surface area contributed by atoms with Gasteiger partial charge in [0.2, 0.25) is 15.9 Å². The Balaban J connectivity index is 1.86. The minimum absolute atomic E-state index is 0.182. The van der Waals surface area contributed by atoms with E-state index in [0.717, 1.165) is 29.0 Å². The number of carbonyl (C=O) groups excluding carboxylic acids is 1. The lowest BCUT2D eigenvalue weighted by molar-refractivity contribution is -0.122. The zero-order chi connectivity index (χ0) is 22.8. The Hall–Kier alpha value is -1.76. The van der Waals surface area contributed by atoms with Crippen LogP contribution in [0.15, 0.2) is 36.4 Å². The molecule has 1 amide bonds. The minimum Gasteiger partial charge on any atom is -0.347 e. The number of hydrogen-bond donors (Lipinski definition) is 1. The first kappa shape index (κ1) is 23.9. The lowest BCUT2D eigenvalue weighted by atomic mass is 9.88. The van der Waals surface area contributed by atoms with Crippen molar-refractivity contribution in [3.8, 4) is 0 Å². The Bertz CT molecular complexity index is 1070. The molecule has 0 spiro atoms. The van der Waals surface area contributed by atoms with Crippen LogP contribution >= 0.6 is 23.2 Å². The van der Waals surface area contributed by atoms with E-state index in [9.17, 15) is 13.2 Å². The lowest BCUT2D eigenvalue weighted by Crippen LogP contribution is -2.48. The van der Waals surface area contributed by atoms with Crippen LogP contribution in [0.4, 0.5) is 5.69 Å². The number of nitrogens with one attached hydrogen (secondary N) is 1. The van der Waals surface area contributed by atoms with Crippen molar-refractivity contribution in [2.24, 2.45) is 0 Å². The highest BCUT2D eigenvalue weighted by Gasteiger charge is 2.32. The van der Waals surface area contributed by atoms with Gasteiger partial charge in [0.05, 0.1) is 23.0 Å². The van der Waals surface area contributed by atoms with Crippen molar-refractivity contribution in [1.29, 1.82) is 0 Å². The van der Waals surface area contributed by atoms with E-state index in [0.29, 0.717) is 11.4 Å². The molecule has 3 rings (SSSR count). The predicted molar refractivity (Wildman–Crippen MR) is 128 cm³/mol. The van der Waals surface area contributed by atoms with E-state index in [2.05, 4.69) is 23.5 Å². The highest BCUT2D eigenvalue weighted by molar-refractivity contribution is 7.92. The maximum Gasteiger partial charge on any atom is 0.244 e. The van der Waals surface area contributed by atoms with Gasteiger partial charge in [-0.2, -0.15) is 0 Å². The van der Waals surface area contributed by atoms with Gasteiger partial charge in [0.15, 0.2) is 0 Å². The standard InChI is InChI=1S/C23H28Cl2N2O3S/c1-4-21(18-10-9-16-7-5-6-8-17(16)13-18)26-23(28)15(2)27(31(3,29)30)22-14-19(24)11-12-20(22)25/h9-15,21H,4-8H2,1-3H3,(H,26,28)/t15-,21-/m1/s1. The molecule has 0 saturated carbocycles. The van der Waals surface area contributed by atoms with Crippen LogP contribution in [0.2, 0.25) is 10.0 Å². The number of carbonyl (C=O) groups is 1. The number of anilines is 1. The van der Waals surface area contributed by atoms with Crippen molar-refractivity contribution in [2.75, 3.05) is 10.6 Å². The van der Waals surface area contributed by atoms with Crippen LogP contribution < -0.4 is 9.62 Å². The summed E-state index contributed by atoms with van der Waals surface area (Å²) in [7, 11) is -3.79. The van der Waals surface area contributed by atoms with Gasteiger partial charge in [-0.15, -0.1) is 0 Å². The molecule has 168 valence electrons. The molecule has 0 saturated heterocycles. The summed E-state index contributed by atoms with van der Waals surface area (Å²) >= 11 is 12.3. The topological polar surface area (TPSA) is 66.5 Å². The average molecular weight is 483 g/mol. The molecule has 2 aromatic carbocycles. The molecule has 0 fully saturated rings. The van der Waals surface area contributed by atoms with E-state index >= 15 is 0 Å². The molecule has 2 aromatic rings. The van der Waals surface area contributed by atoms with Gasteiger partial charge in [-0.05, 0) is 73.9 Å². The molecule has 2 atom stereocenters. The molecule has 0 bridgehead atoms. The Kier molecular flexibility index (Phi) is 7.55. The van der Waals surface area contributed by atoms with Crippen molar-refractivity contribution in [3.05, 3.63) is 63.1 Å². The molecule has 31 heavy (non-hydrogen) atoms. The summed E-state index contributed by atoms with van der Waals surface area (Å²) in [4.78, 5) is 13.1. The fourth-order valence-electron chi connectivity index (χ4n) is 4.12. The molecule has 0 aliphatic heterocycles. The van der Waals surface area contributed by atoms with Crippen molar-refractivity contribution in [1.82, 2.24) is 5.32 Å². The number of nitrogens with zero attached hydrogens (tertiary/aromatic N) is 1. The van der Waals surface area contributed by atoms with E-state index < -0.39 is 22.0 Å². The number of rotatable bonds is 7. The van der Waals surface area contributed by atoms with Crippen LogP contribution in [0, 0.1) is 0 Å². The third-order valence-electron chi connectivity index (χ3n) is 5.73. The maximum absolute atomic E-state index is 13.1. The first-order valence-corrected chi connectivity index (χ1v) is 13.1. The highest BCUT2D eigenvalue weighted by atomic mass is 35.5.